The summed E-state index contributed by atoms with van der Waals surface area (Å²) in [5, 5.41) is 3.49. The predicted molar refractivity (Wildman–Crippen MR) is 86.1 cm³/mol. The number of ether oxygens (including phenoxy) is 2. The summed E-state index contributed by atoms with van der Waals surface area (Å²) >= 11 is 6.09. The van der Waals surface area contributed by atoms with Gasteiger partial charge in [0.05, 0.1) is 19.3 Å². The van der Waals surface area contributed by atoms with Crippen LogP contribution < -0.4 is 5.32 Å². The highest BCUT2D eigenvalue weighted by atomic mass is 35.5. The smallest absolute Gasteiger partial charge is 0.317 e. The summed E-state index contributed by atoms with van der Waals surface area (Å²) in [6.45, 7) is 2.88. The molecule has 1 atom stereocenters. The van der Waals surface area contributed by atoms with Crippen LogP contribution in [0, 0.1) is 0 Å². The van der Waals surface area contributed by atoms with Crippen LogP contribution >= 0.6 is 11.6 Å². The monoisotopic (exact) mass is 326 g/mol. The molecule has 0 spiro atoms. The Labute approximate surface area is 136 Å². The Hall–Kier alpha value is -1.30. The fourth-order valence-corrected chi connectivity index (χ4v) is 2.51. The van der Waals surface area contributed by atoms with E-state index >= 15 is 0 Å². The van der Waals surface area contributed by atoms with E-state index in [1.807, 2.05) is 24.3 Å². The van der Waals surface area contributed by atoms with E-state index in [4.69, 9.17) is 21.1 Å². The lowest BCUT2D eigenvalue weighted by molar-refractivity contribution is 0.0186. The van der Waals surface area contributed by atoms with E-state index < -0.39 is 0 Å². The summed E-state index contributed by atoms with van der Waals surface area (Å²) in [4.78, 5) is 13.6. The van der Waals surface area contributed by atoms with Crippen molar-refractivity contribution in [3.63, 3.8) is 0 Å². The van der Waals surface area contributed by atoms with Crippen LogP contribution in [0.4, 0.5) is 4.79 Å². The Balaban J connectivity index is 1.61. The third-order valence-corrected chi connectivity index (χ3v) is 3.93. The summed E-state index contributed by atoms with van der Waals surface area (Å²) in [6.07, 6.45) is 2.39. The number of amides is 2. The summed E-state index contributed by atoms with van der Waals surface area (Å²) in [5.74, 6) is 0. The van der Waals surface area contributed by atoms with Gasteiger partial charge in [0.1, 0.15) is 0 Å². The van der Waals surface area contributed by atoms with Gasteiger partial charge in [-0.3, -0.25) is 0 Å². The maximum atomic E-state index is 12.0. The van der Waals surface area contributed by atoms with Crippen molar-refractivity contribution >= 4 is 17.6 Å². The van der Waals surface area contributed by atoms with Crippen LogP contribution in [-0.4, -0.2) is 50.4 Å². The van der Waals surface area contributed by atoms with Gasteiger partial charge in [0.2, 0.25) is 0 Å². The number of hydrogen-bond donors (Lipinski definition) is 1. The molecule has 1 aromatic rings. The largest absolute Gasteiger partial charge is 0.377 e. The zero-order valence-electron chi connectivity index (χ0n) is 12.9. The molecule has 1 fully saturated rings. The van der Waals surface area contributed by atoms with E-state index in [2.05, 4.69) is 5.32 Å². The van der Waals surface area contributed by atoms with E-state index in [1.165, 1.54) is 0 Å². The van der Waals surface area contributed by atoms with Crippen LogP contribution in [0.5, 0.6) is 0 Å². The molecular formula is C16H23ClN2O3. The number of halogens is 1. The molecule has 0 bridgehead atoms. The van der Waals surface area contributed by atoms with Gasteiger partial charge in [-0.05, 0) is 24.5 Å². The minimum atomic E-state index is -0.138. The lowest BCUT2D eigenvalue weighted by Gasteiger charge is -2.19. The van der Waals surface area contributed by atoms with Gasteiger partial charge < -0.3 is 19.7 Å². The SMILES string of the molecule is CN(Cc1ccccc1Cl)C(=O)NCCOC[C@H]1CCCO1. The standard InChI is InChI=1S/C16H23ClN2O3/c1-19(11-13-5-2-3-7-15(13)17)16(20)18-8-10-21-12-14-6-4-9-22-14/h2-3,5,7,14H,4,6,8-12H2,1H3,(H,18,20)/t14-/m1/s1. The molecule has 1 heterocycles. The van der Waals surface area contributed by atoms with E-state index in [0.29, 0.717) is 31.3 Å². The van der Waals surface area contributed by atoms with Gasteiger partial charge in [0, 0.05) is 31.8 Å². The predicted octanol–water partition coefficient (Wildman–Crippen LogP) is 2.68. The minimum Gasteiger partial charge on any atom is -0.377 e. The average molecular weight is 327 g/mol. The first-order chi connectivity index (χ1) is 10.7. The molecule has 0 unspecified atom stereocenters. The van der Waals surface area contributed by atoms with Gasteiger partial charge in [0.25, 0.3) is 0 Å². The van der Waals surface area contributed by atoms with Gasteiger partial charge in [-0.25, -0.2) is 4.79 Å². The zero-order chi connectivity index (χ0) is 15.8. The highest BCUT2D eigenvalue weighted by Gasteiger charge is 2.15. The number of rotatable bonds is 7. The zero-order valence-corrected chi connectivity index (χ0v) is 13.6. The van der Waals surface area contributed by atoms with Crippen LogP contribution in [0.3, 0.4) is 0 Å². The van der Waals surface area contributed by atoms with Crippen molar-refractivity contribution in [1.82, 2.24) is 10.2 Å². The Morgan fingerprint density at radius 1 is 1.50 bits per heavy atom. The van der Waals surface area contributed by atoms with Gasteiger partial charge in [-0.1, -0.05) is 29.8 Å². The fraction of sp³-hybridized carbons (Fsp3) is 0.562. The second-order valence-corrected chi connectivity index (χ2v) is 5.80. The van der Waals surface area contributed by atoms with Gasteiger partial charge in [0.15, 0.2) is 0 Å². The summed E-state index contributed by atoms with van der Waals surface area (Å²) in [7, 11) is 1.74. The van der Waals surface area contributed by atoms with Crippen molar-refractivity contribution < 1.29 is 14.3 Å². The third kappa shape index (κ3) is 5.48. The van der Waals surface area contributed by atoms with Gasteiger partial charge >= 0.3 is 6.03 Å². The molecule has 1 saturated heterocycles. The third-order valence-electron chi connectivity index (χ3n) is 3.56. The number of carbonyl (C=O) groups is 1. The Morgan fingerprint density at radius 3 is 3.05 bits per heavy atom. The lowest BCUT2D eigenvalue weighted by Crippen LogP contribution is -2.38. The summed E-state index contributed by atoms with van der Waals surface area (Å²) in [5.41, 5.74) is 0.927. The van der Waals surface area contributed by atoms with Crippen molar-refractivity contribution in [2.45, 2.75) is 25.5 Å². The second kappa shape index (κ2) is 8.98. The van der Waals surface area contributed by atoms with Gasteiger partial charge in [-0.15, -0.1) is 0 Å². The Kier molecular flexibility index (Phi) is 6.96. The molecule has 0 aliphatic carbocycles. The number of nitrogens with one attached hydrogen (secondary N) is 1. The number of nitrogens with zero attached hydrogens (tertiary/aromatic N) is 1. The molecule has 0 saturated carbocycles. The maximum Gasteiger partial charge on any atom is 0.317 e. The van der Waals surface area contributed by atoms with Crippen molar-refractivity contribution in [2.24, 2.45) is 0 Å². The van der Waals surface area contributed by atoms with Crippen molar-refractivity contribution in [3.05, 3.63) is 34.9 Å². The van der Waals surface area contributed by atoms with Crippen LogP contribution in [0.25, 0.3) is 0 Å². The Morgan fingerprint density at radius 2 is 2.32 bits per heavy atom. The van der Waals surface area contributed by atoms with E-state index in [-0.39, 0.29) is 12.1 Å². The molecular weight excluding hydrogens is 304 g/mol. The molecule has 122 valence electrons. The van der Waals surface area contributed by atoms with E-state index in [0.717, 1.165) is 25.0 Å². The topological polar surface area (TPSA) is 50.8 Å². The minimum absolute atomic E-state index is 0.138. The quantitative estimate of drug-likeness (QED) is 0.784. The molecule has 0 radical (unpaired) electrons. The van der Waals surface area contributed by atoms with Crippen molar-refractivity contribution in [2.75, 3.05) is 33.4 Å². The molecule has 1 aromatic carbocycles. The fourth-order valence-electron chi connectivity index (χ4n) is 2.31. The number of carbonyl (C=O) groups excluding carboxylic acids is 1. The average Bonchev–Trinajstić information content (AvgIpc) is 3.02. The first-order valence-corrected chi connectivity index (χ1v) is 7.96. The molecule has 1 aliphatic heterocycles. The summed E-state index contributed by atoms with van der Waals surface area (Å²) in [6, 6.07) is 7.38. The normalized spacial score (nSPS) is 17.5. The molecule has 1 N–H and O–H groups in total. The van der Waals surface area contributed by atoms with E-state index in [9.17, 15) is 4.79 Å². The maximum absolute atomic E-state index is 12.0. The molecule has 22 heavy (non-hydrogen) atoms. The van der Waals surface area contributed by atoms with Crippen LogP contribution in [0.1, 0.15) is 18.4 Å². The first-order valence-electron chi connectivity index (χ1n) is 7.58. The van der Waals surface area contributed by atoms with Crippen molar-refractivity contribution in [3.8, 4) is 0 Å². The molecule has 1 aliphatic rings. The molecule has 6 heteroatoms. The molecule has 2 amide bonds. The highest BCUT2D eigenvalue weighted by molar-refractivity contribution is 6.31. The molecule has 5 nitrogen and oxygen atoms in total. The lowest BCUT2D eigenvalue weighted by atomic mass is 10.2. The highest BCUT2D eigenvalue weighted by Crippen LogP contribution is 2.16. The van der Waals surface area contributed by atoms with Crippen molar-refractivity contribution in [1.29, 1.82) is 0 Å². The number of benzene rings is 1. The van der Waals surface area contributed by atoms with Crippen LogP contribution in [0.15, 0.2) is 24.3 Å². The Bertz CT molecular complexity index is 478. The summed E-state index contributed by atoms with van der Waals surface area (Å²) < 4.78 is 11.0. The molecule has 2 rings (SSSR count). The van der Waals surface area contributed by atoms with Crippen LogP contribution in [-0.2, 0) is 16.0 Å². The van der Waals surface area contributed by atoms with Gasteiger partial charge in [-0.2, -0.15) is 0 Å². The van der Waals surface area contributed by atoms with Crippen LogP contribution in [0.2, 0.25) is 5.02 Å². The second-order valence-electron chi connectivity index (χ2n) is 5.39. The van der Waals surface area contributed by atoms with E-state index in [1.54, 1.807) is 11.9 Å². The molecule has 0 aromatic heterocycles. The first kappa shape index (κ1) is 17.1. The number of hydrogen-bond acceptors (Lipinski definition) is 3. The number of urea groups is 1.